The highest BCUT2D eigenvalue weighted by Crippen LogP contribution is 2.48. The number of benzene rings is 1. The third kappa shape index (κ3) is 4.29. The number of carbonyl (C=O) groups is 1. The van der Waals surface area contributed by atoms with Crippen molar-refractivity contribution in [1.82, 2.24) is 9.97 Å². The average molecular weight is 469 g/mol. The number of nitrogens with two attached hydrogens (primary N) is 1. The first-order chi connectivity index (χ1) is 15.3. The summed E-state index contributed by atoms with van der Waals surface area (Å²) in [5, 5.41) is 2.82. The lowest BCUT2D eigenvalue weighted by Crippen LogP contribution is -2.50. The van der Waals surface area contributed by atoms with Gasteiger partial charge in [-0.25, -0.2) is 22.5 Å². The molecule has 0 aliphatic carbocycles. The fourth-order valence-corrected chi connectivity index (χ4v) is 4.86. The second-order valence-corrected chi connectivity index (χ2v) is 8.51. The zero-order valence-electron chi connectivity index (χ0n) is 16.6. The number of amides is 1. The lowest BCUT2D eigenvalue weighted by atomic mass is 9.73. The van der Waals surface area contributed by atoms with Gasteiger partial charge in [-0.15, -0.1) is 0 Å². The summed E-state index contributed by atoms with van der Waals surface area (Å²) in [5.74, 6) is -0.996. The molecule has 7 nitrogen and oxygen atoms in total. The molecular weight excluding hydrogens is 450 g/mol. The van der Waals surface area contributed by atoms with Crippen LogP contribution in [-0.4, -0.2) is 46.2 Å². The zero-order chi connectivity index (χ0) is 22.9. The summed E-state index contributed by atoms with van der Waals surface area (Å²) in [7, 11) is 0. The highest BCUT2D eigenvalue weighted by molar-refractivity contribution is 8.13. The number of amidine groups is 1. The molecular formula is C20H19F4N5O2S. The van der Waals surface area contributed by atoms with Crippen LogP contribution in [0.5, 0.6) is 0 Å². The quantitative estimate of drug-likeness (QED) is 0.651. The minimum absolute atomic E-state index is 0.102. The molecule has 170 valence electrons. The SMILES string of the molecule is NC1=NC2(c3cc(NC(=O)c4cnc(C(F)F)cn4)ccc3F)CC(CF)OCC2CS1. The molecule has 1 amide bonds. The molecule has 2 aromatic rings. The van der Waals surface area contributed by atoms with Gasteiger partial charge < -0.3 is 15.8 Å². The Labute approximate surface area is 184 Å². The van der Waals surface area contributed by atoms with E-state index in [0.717, 1.165) is 12.4 Å². The summed E-state index contributed by atoms with van der Waals surface area (Å²) in [5.41, 5.74) is 4.48. The Bertz CT molecular complexity index is 1040. The number of hydrogen-bond donors (Lipinski definition) is 2. The molecule has 0 bridgehead atoms. The van der Waals surface area contributed by atoms with Crippen molar-refractivity contribution in [3.63, 3.8) is 0 Å². The number of alkyl halides is 3. The van der Waals surface area contributed by atoms with Gasteiger partial charge in [-0.05, 0) is 18.2 Å². The van der Waals surface area contributed by atoms with E-state index < -0.39 is 42.2 Å². The van der Waals surface area contributed by atoms with Gasteiger partial charge in [-0.1, -0.05) is 11.8 Å². The number of aromatic nitrogens is 2. The Kier molecular flexibility index (Phi) is 6.33. The van der Waals surface area contributed by atoms with E-state index >= 15 is 4.39 Å². The molecule has 0 spiro atoms. The van der Waals surface area contributed by atoms with Crippen LogP contribution in [0.15, 0.2) is 35.6 Å². The number of thioether (sulfide) groups is 1. The Balaban J connectivity index is 1.66. The van der Waals surface area contributed by atoms with Gasteiger partial charge in [0, 0.05) is 29.3 Å². The van der Waals surface area contributed by atoms with E-state index in [4.69, 9.17) is 10.5 Å². The molecule has 4 rings (SSSR count). The number of fused-ring (bicyclic) bond motifs is 1. The topological polar surface area (TPSA) is 102 Å². The number of hydrogen-bond acceptors (Lipinski definition) is 7. The van der Waals surface area contributed by atoms with Crippen LogP contribution in [0.3, 0.4) is 0 Å². The second-order valence-electron chi connectivity index (χ2n) is 7.47. The third-order valence-corrected chi connectivity index (χ3v) is 6.44. The van der Waals surface area contributed by atoms with Crippen LogP contribution in [0.2, 0.25) is 0 Å². The van der Waals surface area contributed by atoms with E-state index in [-0.39, 0.29) is 41.1 Å². The summed E-state index contributed by atoms with van der Waals surface area (Å²) in [6, 6.07) is 3.95. The molecule has 12 heteroatoms. The first-order valence-corrected chi connectivity index (χ1v) is 10.7. The van der Waals surface area contributed by atoms with Gasteiger partial charge in [-0.3, -0.25) is 14.8 Å². The largest absolute Gasteiger partial charge is 0.379 e. The third-order valence-electron chi connectivity index (χ3n) is 5.48. The van der Waals surface area contributed by atoms with E-state index in [9.17, 15) is 18.0 Å². The van der Waals surface area contributed by atoms with E-state index in [1.54, 1.807) is 0 Å². The smallest absolute Gasteiger partial charge is 0.281 e. The van der Waals surface area contributed by atoms with Crippen LogP contribution < -0.4 is 11.1 Å². The molecule has 2 aliphatic heterocycles. The number of nitrogens with one attached hydrogen (secondary N) is 1. The van der Waals surface area contributed by atoms with Gasteiger partial charge in [0.25, 0.3) is 12.3 Å². The molecule has 3 atom stereocenters. The average Bonchev–Trinajstić information content (AvgIpc) is 2.79. The van der Waals surface area contributed by atoms with Gasteiger partial charge in [0.05, 0.1) is 30.6 Å². The number of ether oxygens (including phenoxy) is 1. The zero-order valence-corrected chi connectivity index (χ0v) is 17.4. The Hall–Kier alpha value is -2.73. The molecule has 32 heavy (non-hydrogen) atoms. The minimum atomic E-state index is -2.80. The maximum absolute atomic E-state index is 15.0. The van der Waals surface area contributed by atoms with Crippen molar-refractivity contribution >= 4 is 28.5 Å². The van der Waals surface area contributed by atoms with E-state index in [1.807, 2.05) is 0 Å². The summed E-state index contributed by atoms with van der Waals surface area (Å²) in [6.07, 6.45) is -1.71. The highest BCUT2D eigenvalue weighted by Gasteiger charge is 2.49. The van der Waals surface area contributed by atoms with E-state index in [1.165, 1.54) is 30.0 Å². The number of aliphatic imine (C=N–C) groups is 1. The van der Waals surface area contributed by atoms with Crippen LogP contribution in [0.1, 0.15) is 34.6 Å². The number of carbonyl (C=O) groups excluding carboxylic acids is 1. The first kappa shape index (κ1) is 22.5. The Morgan fingerprint density at radius 3 is 2.84 bits per heavy atom. The van der Waals surface area contributed by atoms with Crippen LogP contribution in [0.25, 0.3) is 0 Å². The highest BCUT2D eigenvalue weighted by atomic mass is 32.2. The normalized spacial score (nSPS) is 25.2. The van der Waals surface area contributed by atoms with Crippen molar-refractivity contribution in [3.05, 3.63) is 53.4 Å². The van der Waals surface area contributed by atoms with Crippen molar-refractivity contribution in [2.75, 3.05) is 24.4 Å². The predicted octanol–water partition coefficient (Wildman–Crippen LogP) is 3.44. The van der Waals surface area contributed by atoms with Crippen LogP contribution in [0, 0.1) is 11.7 Å². The summed E-state index contributed by atoms with van der Waals surface area (Å²) in [4.78, 5) is 24.2. The van der Waals surface area contributed by atoms with Crippen LogP contribution >= 0.6 is 11.8 Å². The molecule has 2 aliphatic rings. The van der Waals surface area contributed by atoms with Crippen LogP contribution in [0.4, 0.5) is 23.2 Å². The molecule has 3 N–H and O–H groups in total. The maximum Gasteiger partial charge on any atom is 0.281 e. The van der Waals surface area contributed by atoms with E-state index in [0.29, 0.717) is 5.75 Å². The standard InChI is InChI=1S/C20H19F4N5O2S/c21-5-12-4-20(10(8-31-12)9-32-19(25)29-20)13-3-11(1-2-14(13)22)28-18(30)16-7-26-15(6-27-16)17(23)24/h1-3,6-7,10,12,17H,4-5,8-9H2,(H2,25,29)(H,28,30). The van der Waals surface area contributed by atoms with Crippen molar-refractivity contribution in [1.29, 1.82) is 0 Å². The molecule has 0 radical (unpaired) electrons. The molecule has 1 fully saturated rings. The minimum Gasteiger partial charge on any atom is -0.379 e. The molecule has 1 saturated heterocycles. The van der Waals surface area contributed by atoms with Crippen molar-refractivity contribution in [3.8, 4) is 0 Å². The van der Waals surface area contributed by atoms with Gasteiger partial charge in [0.15, 0.2) is 5.17 Å². The van der Waals surface area contributed by atoms with Crippen molar-refractivity contribution < 1.29 is 27.1 Å². The number of anilines is 1. The lowest BCUT2D eigenvalue weighted by molar-refractivity contribution is -0.0620. The molecule has 0 saturated carbocycles. The molecule has 1 aromatic carbocycles. The molecule has 1 aromatic heterocycles. The van der Waals surface area contributed by atoms with Gasteiger partial charge in [0.1, 0.15) is 23.9 Å². The fraction of sp³-hybridized carbons (Fsp3) is 0.400. The van der Waals surface area contributed by atoms with E-state index in [2.05, 4.69) is 20.3 Å². The van der Waals surface area contributed by atoms with Crippen molar-refractivity contribution in [2.24, 2.45) is 16.6 Å². The number of rotatable bonds is 5. The predicted molar refractivity (Wildman–Crippen MR) is 111 cm³/mol. The van der Waals surface area contributed by atoms with Gasteiger partial charge >= 0.3 is 0 Å². The first-order valence-electron chi connectivity index (χ1n) is 9.69. The molecule has 3 heterocycles. The molecule has 3 unspecified atom stereocenters. The van der Waals surface area contributed by atoms with Gasteiger partial charge in [-0.2, -0.15) is 0 Å². The lowest BCUT2D eigenvalue weighted by Gasteiger charge is -2.46. The number of halogens is 4. The number of nitrogens with zero attached hydrogens (tertiary/aromatic N) is 3. The Morgan fingerprint density at radius 2 is 2.16 bits per heavy atom. The van der Waals surface area contributed by atoms with Gasteiger partial charge in [0.2, 0.25) is 0 Å². The summed E-state index contributed by atoms with van der Waals surface area (Å²) >= 11 is 1.32. The maximum atomic E-state index is 15.0. The monoisotopic (exact) mass is 469 g/mol. The Morgan fingerprint density at radius 1 is 1.34 bits per heavy atom. The second kappa shape index (κ2) is 9.02. The summed E-state index contributed by atoms with van der Waals surface area (Å²) in [6.45, 7) is -0.553. The van der Waals surface area contributed by atoms with Crippen molar-refractivity contribution in [2.45, 2.75) is 24.5 Å². The fourth-order valence-electron chi connectivity index (χ4n) is 3.89. The summed E-state index contributed by atoms with van der Waals surface area (Å²) < 4.78 is 59.2. The van der Waals surface area contributed by atoms with Crippen LogP contribution in [-0.2, 0) is 10.3 Å².